The largest absolute Gasteiger partial charge is 0.454 e. The highest BCUT2D eigenvalue weighted by atomic mass is 16.7. The summed E-state index contributed by atoms with van der Waals surface area (Å²) in [5.41, 5.74) is 0. The van der Waals surface area contributed by atoms with Gasteiger partial charge in [-0.25, -0.2) is 0 Å². The van der Waals surface area contributed by atoms with Crippen molar-refractivity contribution in [2.24, 2.45) is 0 Å². The van der Waals surface area contributed by atoms with Crippen molar-refractivity contribution >= 4 is 11.9 Å². The van der Waals surface area contributed by atoms with Gasteiger partial charge in [0.1, 0.15) is 24.4 Å². The number of unbranched alkanes of at least 4 members (excludes halogenated alkanes) is 42. The van der Waals surface area contributed by atoms with Gasteiger partial charge in [-0.15, -0.1) is 0 Å². The van der Waals surface area contributed by atoms with E-state index in [-0.39, 0.29) is 13.0 Å². The number of hydrogen-bond donors (Lipinski definition) is 6. The third kappa shape index (κ3) is 50.7. The molecule has 11 nitrogen and oxygen atoms in total. The molecule has 6 N–H and O–H groups in total. The molecule has 87 heavy (non-hydrogen) atoms. The lowest BCUT2D eigenvalue weighted by molar-refractivity contribution is -0.305. The Morgan fingerprint density at radius 2 is 0.793 bits per heavy atom. The number of carbonyl (C=O) groups is 2. The highest BCUT2D eigenvalue weighted by molar-refractivity contribution is 5.80. The fourth-order valence-corrected chi connectivity index (χ4v) is 11.5. The summed E-state index contributed by atoms with van der Waals surface area (Å²) in [6.45, 7) is 5.81. The topological polar surface area (TPSA) is 175 Å². The summed E-state index contributed by atoms with van der Waals surface area (Å²) < 4.78 is 17.7. The summed E-state index contributed by atoms with van der Waals surface area (Å²) in [7, 11) is 0. The van der Waals surface area contributed by atoms with Crippen molar-refractivity contribution in [2.45, 2.75) is 397 Å². The van der Waals surface area contributed by atoms with Crippen LogP contribution in [-0.2, 0) is 23.8 Å². The van der Waals surface area contributed by atoms with E-state index < -0.39 is 67.4 Å². The van der Waals surface area contributed by atoms with Gasteiger partial charge in [0.2, 0.25) is 5.91 Å². The van der Waals surface area contributed by atoms with Gasteiger partial charge in [0.25, 0.3) is 0 Å². The van der Waals surface area contributed by atoms with E-state index in [2.05, 4.69) is 74.7 Å². The Bertz CT molecular complexity index is 1650. The summed E-state index contributed by atoms with van der Waals surface area (Å²) in [6.07, 6.45) is 71.1. The van der Waals surface area contributed by atoms with Crippen LogP contribution in [0.25, 0.3) is 0 Å². The minimum Gasteiger partial charge on any atom is -0.454 e. The Labute approximate surface area is 535 Å². The highest BCUT2D eigenvalue weighted by Crippen LogP contribution is 2.26. The van der Waals surface area contributed by atoms with E-state index in [0.717, 1.165) is 77.0 Å². The van der Waals surface area contributed by atoms with Crippen LogP contribution in [0.4, 0.5) is 0 Å². The molecule has 0 aromatic rings. The normalized spacial score (nSPS) is 18.6. The smallest absolute Gasteiger partial charge is 0.306 e. The molecule has 0 aromatic heterocycles. The molecule has 1 heterocycles. The van der Waals surface area contributed by atoms with E-state index in [1.807, 2.05) is 6.08 Å². The lowest BCUT2D eigenvalue weighted by atomic mass is 9.99. The first-order valence-corrected chi connectivity index (χ1v) is 37.1. The minimum atomic E-state index is -1.62. The maximum absolute atomic E-state index is 13.5. The third-order valence-corrected chi connectivity index (χ3v) is 17.4. The number of hydrogen-bond acceptors (Lipinski definition) is 10. The van der Waals surface area contributed by atoms with Crippen LogP contribution in [0.15, 0.2) is 60.8 Å². The van der Waals surface area contributed by atoms with Crippen molar-refractivity contribution in [1.82, 2.24) is 5.32 Å². The van der Waals surface area contributed by atoms with E-state index >= 15 is 0 Å². The molecule has 0 bridgehead atoms. The fourth-order valence-electron chi connectivity index (χ4n) is 11.5. The molecular formula is C76H139NO10. The van der Waals surface area contributed by atoms with Crippen LogP contribution in [0.2, 0.25) is 0 Å². The summed E-state index contributed by atoms with van der Waals surface area (Å²) >= 11 is 0. The molecule has 508 valence electrons. The molecule has 1 aliphatic rings. The molecular weight excluding hydrogens is 1090 g/mol. The average molecular weight is 1230 g/mol. The Hall–Kier alpha value is -2.64. The van der Waals surface area contributed by atoms with Crippen LogP contribution in [0, 0.1) is 0 Å². The minimum absolute atomic E-state index is 0.119. The first-order chi connectivity index (χ1) is 42.7. The van der Waals surface area contributed by atoms with Crippen molar-refractivity contribution in [2.75, 3.05) is 13.2 Å². The van der Waals surface area contributed by atoms with E-state index in [1.54, 1.807) is 6.08 Å². The van der Waals surface area contributed by atoms with Gasteiger partial charge in [-0.2, -0.15) is 0 Å². The van der Waals surface area contributed by atoms with Crippen LogP contribution in [0.3, 0.4) is 0 Å². The average Bonchev–Trinajstić information content (AvgIpc) is 2.32. The lowest BCUT2D eigenvalue weighted by Crippen LogP contribution is -2.61. The number of ether oxygens (including phenoxy) is 3. The Morgan fingerprint density at radius 3 is 1.22 bits per heavy atom. The number of carbonyl (C=O) groups excluding carboxylic acids is 2. The monoisotopic (exact) mass is 1230 g/mol. The maximum Gasteiger partial charge on any atom is 0.306 e. The highest BCUT2D eigenvalue weighted by Gasteiger charge is 2.47. The van der Waals surface area contributed by atoms with Crippen LogP contribution in [0.5, 0.6) is 0 Å². The van der Waals surface area contributed by atoms with Gasteiger partial charge in [0.05, 0.1) is 25.4 Å². The SMILES string of the molecule is CCCCC/C=C\C/C=C\C/C=C\CCCCCCCCCCCCC(=O)OC1C(OCC(NC(=O)C(O)CCCCCCCCCCCCCC/C=C/CCCCCCCC)C(O)/C=C/CCCCCCCCCCCCC)OC(CO)C(O)C1O. The quantitative estimate of drug-likeness (QED) is 0.0195. The zero-order chi connectivity index (χ0) is 63.1. The number of rotatable bonds is 64. The number of aliphatic hydroxyl groups excluding tert-OH is 5. The number of aliphatic hydroxyl groups is 5. The molecule has 0 saturated carbocycles. The molecule has 1 rings (SSSR count). The summed E-state index contributed by atoms with van der Waals surface area (Å²) in [6, 6.07) is -1.03. The second kappa shape index (κ2) is 63.5. The molecule has 11 heteroatoms. The van der Waals surface area contributed by atoms with E-state index in [4.69, 9.17) is 14.2 Å². The Balaban J connectivity index is 2.57. The van der Waals surface area contributed by atoms with Crippen LogP contribution in [0.1, 0.15) is 348 Å². The second-order valence-electron chi connectivity index (χ2n) is 25.7. The molecule has 1 saturated heterocycles. The fraction of sp³-hybridized carbons (Fsp3) is 0.842. The standard InChI is InChI=1S/C76H139NO10/c1-4-7-10-13-16-19-22-25-27-29-31-33-35-37-39-41-43-46-49-52-55-58-61-64-71(81)87-74-73(83)72(82)70(65-78)86-76(74)85-66-67(68(79)62-59-56-53-50-47-44-24-21-18-15-12-9-6-3)77-75(84)69(80)63-60-57-54-51-48-45-42-40-38-36-34-32-30-28-26-23-20-17-14-11-8-5-2/h16,19,25-28,31,33,59,62,67-70,72-74,76,78-80,82-83H,4-15,17-18,20-24,29-30,32,34-58,60-61,63-66H2,1-3H3,(H,77,84)/b19-16-,27-25-,28-26+,33-31-,62-59+. The van der Waals surface area contributed by atoms with Gasteiger partial charge in [0, 0.05) is 6.42 Å². The van der Waals surface area contributed by atoms with Gasteiger partial charge < -0.3 is 45.1 Å². The molecule has 0 aromatic carbocycles. The van der Waals surface area contributed by atoms with E-state index in [0.29, 0.717) is 19.3 Å². The van der Waals surface area contributed by atoms with Gasteiger partial charge in [-0.05, 0) is 89.9 Å². The Morgan fingerprint density at radius 1 is 0.448 bits per heavy atom. The lowest BCUT2D eigenvalue weighted by Gasteiger charge is -2.41. The first kappa shape index (κ1) is 82.4. The van der Waals surface area contributed by atoms with Gasteiger partial charge in [0.15, 0.2) is 12.4 Å². The van der Waals surface area contributed by atoms with Gasteiger partial charge >= 0.3 is 5.97 Å². The second-order valence-corrected chi connectivity index (χ2v) is 25.7. The molecule has 1 aliphatic heterocycles. The molecule has 0 radical (unpaired) electrons. The Kier molecular flexibility index (Phi) is 60.1. The van der Waals surface area contributed by atoms with Crippen molar-refractivity contribution < 1.29 is 49.3 Å². The van der Waals surface area contributed by atoms with E-state index in [1.165, 1.54) is 225 Å². The van der Waals surface area contributed by atoms with Gasteiger partial charge in [-0.1, -0.05) is 313 Å². The summed E-state index contributed by atoms with van der Waals surface area (Å²) in [5.74, 6) is -1.19. The summed E-state index contributed by atoms with van der Waals surface area (Å²) in [5, 5.41) is 57.3. The van der Waals surface area contributed by atoms with Crippen molar-refractivity contribution in [3.63, 3.8) is 0 Å². The molecule has 1 amide bonds. The predicted molar refractivity (Wildman–Crippen MR) is 366 cm³/mol. The molecule has 1 fully saturated rings. The number of amides is 1. The number of esters is 1. The van der Waals surface area contributed by atoms with Crippen LogP contribution >= 0.6 is 0 Å². The molecule has 8 unspecified atom stereocenters. The first-order valence-electron chi connectivity index (χ1n) is 37.1. The van der Waals surface area contributed by atoms with Gasteiger partial charge in [-0.3, -0.25) is 9.59 Å². The third-order valence-electron chi connectivity index (χ3n) is 17.4. The molecule has 0 aliphatic carbocycles. The van der Waals surface area contributed by atoms with Crippen molar-refractivity contribution in [1.29, 1.82) is 0 Å². The van der Waals surface area contributed by atoms with Crippen LogP contribution in [-0.4, -0.2) is 99.6 Å². The van der Waals surface area contributed by atoms with Crippen LogP contribution < -0.4 is 5.32 Å². The zero-order valence-corrected chi connectivity index (χ0v) is 56.6. The molecule has 8 atom stereocenters. The molecule has 0 spiro atoms. The zero-order valence-electron chi connectivity index (χ0n) is 56.6. The maximum atomic E-state index is 13.5. The number of nitrogens with one attached hydrogen (secondary N) is 1. The van der Waals surface area contributed by atoms with Crippen molar-refractivity contribution in [3.05, 3.63) is 60.8 Å². The van der Waals surface area contributed by atoms with E-state index in [9.17, 15) is 35.1 Å². The predicted octanol–water partition coefficient (Wildman–Crippen LogP) is 19.3. The summed E-state index contributed by atoms with van der Waals surface area (Å²) in [4.78, 5) is 26.7. The van der Waals surface area contributed by atoms with Crippen molar-refractivity contribution in [3.8, 4) is 0 Å². The number of allylic oxidation sites excluding steroid dienone is 9.